The molecule has 0 saturated carbocycles. The molecule has 0 aliphatic heterocycles. The molecule has 0 fully saturated rings. The quantitative estimate of drug-likeness (QED) is 0.127. The molecule has 0 amide bonds. The number of anilines is 8. The van der Waals surface area contributed by atoms with Gasteiger partial charge in [0.05, 0.1) is 16.5 Å². The van der Waals surface area contributed by atoms with E-state index in [2.05, 4.69) is 466 Å². The lowest BCUT2D eigenvalue weighted by atomic mass is 9.67. The molecule has 110 heavy (non-hydrogen) atoms. The molecule has 0 atom stereocenters. The van der Waals surface area contributed by atoms with Crippen LogP contribution in [0.25, 0.3) is 76.5 Å². The predicted molar refractivity (Wildman–Crippen MR) is 467 cm³/mol. The van der Waals surface area contributed by atoms with Crippen molar-refractivity contribution in [3.8, 4) is 33.4 Å². The van der Waals surface area contributed by atoms with Crippen LogP contribution in [0.2, 0.25) is 0 Å². The van der Waals surface area contributed by atoms with Crippen molar-refractivity contribution in [3.05, 3.63) is 469 Å². The summed E-state index contributed by atoms with van der Waals surface area (Å²) in [6.07, 6.45) is 0. The average Bonchev–Trinajstić information content (AvgIpc) is 1.50. The molecule has 18 aromatic carbocycles. The zero-order chi connectivity index (χ0) is 74.1. The summed E-state index contributed by atoms with van der Waals surface area (Å²) in [7, 11) is 8.55. The summed E-state index contributed by atoms with van der Waals surface area (Å²) in [4.78, 5) is 9.05. The molecule has 0 radical (unpaired) electrons. The van der Waals surface area contributed by atoms with Crippen molar-refractivity contribution >= 4 is 88.6 Å². The molecule has 0 aromatic heterocycles. The standard InChI is InChI=1S/C32H23N.C32H25N.2C21H17N/c1-33(22-11-3-2-4-12-22)23-19-20-27-26-15-7-10-18-30(26)32(31(27)21-23)28-16-8-5-13-24(28)25-14-6-9-17-29(25)32;1-33(26-17-9-4-10-18-26)27-21-22-29-28-19-11-12-20-30(28)32(31(29)23-27,24-13-5-2-6-14-24)25-15-7-3-8-16-25;1-22(18-11-3-2-4-12-18)21-19-13-7-5-9-16(19)15-17-10-6-8-14-20(17)21;1-22(20-9-3-2-4-10-20)21-12-11-18-13-16-7-5-6-8-17(16)14-19(18)15-21/h2-21H,1H3;2-23H,1H3;2*2-15H,1H3. The number of nitrogens with zero attached hydrogens (tertiary/aromatic N) is 4. The Bertz CT molecular complexity index is 6060. The van der Waals surface area contributed by atoms with E-state index in [1.807, 2.05) is 6.07 Å². The lowest BCUT2D eigenvalue weighted by Gasteiger charge is -2.34. The minimum Gasteiger partial charge on any atom is -0.345 e. The van der Waals surface area contributed by atoms with Gasteiger partial charge in [-0.1, -0.05) is 322 Å². The highest BCUT2D eigenvalue weighted by Crippen LogP contribution is 2.63. The molecule has 3 aliphatic carbocycles. The second kappa shape index (κ2) is 29.2. The average molecular weight is 1410 g/mol. The molecule has 0 saturated heterocycles. The minimum atomic E-state index is -0.359. The van der Waals surface area contributed by atoms with Crippen LogP contribution in [0.3, 0.4) is 0 Å². The fourth-order valence-corrected chi connectivity index (χ4v) is 17.6. The van der Waals surface area contributed by atoms with E-state index in [0.29, 0.717) is 0 Å². The Morgan fingerprint density at radius 1 is 0.164 bits per heavy atom. The minimum absolute atomic E-state index is 0.285. The molecule has 0 N–H and O–H groups in total. The number of rotatable bonds is 10. The molecular weight excluding hydrogens is 1330 g/mol. The van der Waals surface area contributed by atoms with Gasteiger partial charge in [-0.25, -0.2) is 0 Å². The maximum Gasteiger partial charge on any atom is 0.0726 e. The van der Waals surface area contributed by atoms with E-state index in [-0.39, 0.29) is 10.8 Å². The molecule has 4 nitrogen and oxygen atoms in total. The number of fused-ring (bicyclic) bond motifs is 17. The number of para-hydroxylation sites is 4. The molecular formula is C106H82N4. The van der Waals surface area contributed by atoms with E-state index < -0.39 is 0 Å². The van der Waals surface area contributed by atoms with E-state index in [9.17, 15) is 0 Å². The van der Waals surface area contributed by atoms with Gasteiger partial charge in [0, 0.05) is 78.8 Å². The summed E-state index contributed by atoms with van der Waals surface area (Å²) >= 11 is 0. The molecule has 4 heteroatoms. The van der Waals surface area contributed by atoms with Crippen molar-refractivity contribution in [1.82, 2.24) is 0 Å². The van der Waals surface area contributed by atoms with Gasteiger partial charge in [-0.15, -0.1) is 0 Å². The van der Waals surface area contributed by atoms with Gasteiger partial charge in [0.25, 0.3) is 0 Å². The number of benzene rings is 18. The van der Waals surface area contributed by atoms with Crippen LogP contribution < -0.4 is 19.6 Å². The Hall–Kier alpha value is -13.8. The summed E-state index contributed by atoms with van der Waals surface area (Å²) in [5, 5.41) is 10.3. The van der Waals surface area contributed by atoms with Gasteiger partial charge in [0.2, 0.25) is 0 Å². The van der Waals surface area contributed by atoms with Crippen molar-refractivity contribution in [3.63, 3.8) is 0 Å². The third-order valence-electron chi connectivity index (χ3n) is 22.9. The van der Waals surface area contributed by atoms with E-state index >= 15 is 0 Å². The van der Waals surface area contributed by atoms with Gasteiger partial charge in [-0.3, -0.25) is 0 Å². The Morgan fingerprint density at radius 2 is 0.427 bits per heavy atom. The van der Waals surface area contributed by atoms with Crippen molar-refractivity contribution in [2.45, 2.75) is 10.8 Å². The third-order valence-corrected chi connectivity index (χ3v) is 22.9. The Labute approximate surface area is 645 Å². The summed E-state index contributed by atoms with van der Waals surface area (Å²) in [5.74, 6) is 0. The maximum atomic E-state index is 2.42. The van der Waals surface area contributed by atoms with Crippen molar-refractivity contribution in [2.75, 3.05) is 47.8 Å². The van der Waals surface area contributed by atoms with Crippen molar-refractivity contribution < 1.29 is 0 Å². The topological polar surface area (TPSA) is 13.0 Å². The first-order valence-corrected chi connectivity index (χ1v) is 38.0. The van der Waals surface area contributed by atoms with Crippen molar-refractivity contribution in [1.29, 1.82) is 0 Å². The van der Waals surface area contributed by atoms with Gasteiger partial charge in [0.15, 0.2) is 0 Å². The third kappa shape index (κ3) is 11.9. The monoisotopic (exact) mass is 1410 g/mol. The second-order valence-electron chi connectivity index (χ2n) is 28.9. The van der Waals surface area contributed by atoms with Crippen LogP contribution in [0, 0.1) is 0 Å². The van der Waals surface area contributed by atoms with Crippen LogP contribution in [0.15, 0.2) is 425 Å². The summed E-state index contributed by atoms with van der Waals surface area (Å²) in [5.41, 5.74) is 27.8. The molecule has 0 bridgehead atoms. The highest BCUT2D eigenvalue weighted by molar-refractivity contribution is 6.12. The summed E-state index contributed by atoms with van der Waals surface area (Å²) in [6.45, 7) is 0. The van der Waals surface area contributed by atoms with Crippen LogP contribution in [-0.2, 0) is 10.8 Å². The van der Waals surface area contributed by atoms with Crippen LogP contribution in [0.5, 0.6) is 0 Å². The summed E-state index contributed by atoms with van der Waals surface area (Å²) in [6, 6.07) is 153. The summed E-state index contributed by atoms with van der Waals surface area (Å²) < 4.78 is 0. The number of hydrogen-bond acceptors (Lipinski definition) is 4. The van der Waals surface area contributed by atoms with Crippen LogP contribution in [0.4, 0.5) is 45.5 Å². The normalized spacial score (nSPS) is 12.5. The molecule has 1 spiro atoms. The zero-order valence-electron chi connectivity index (χ0n) is 62.2. The first-order chi connectivity index (χ1) is 54.2. The SMILES string of the molecule is CN(c1ccccc1)c1c2ccccc2cc2ccccc12.CN(c1ccccc1)c1ccc2c(c1)C(c1ccccc1)(c1ccccc1)c1ccccc1-2.CN(c1ccccc1)c1ccc2c(c1)C1(c3ccccc3-c3ccccc31)c1ccccc1-2.CN(c1ccccc1)c1ccc2cc3ccccc3cc2c1. The van der Waals surface area contributed by atoms with E-state index in [0.717, 1.165) is 0 Å². The molecule has 0 heterocycles. The van der Waals surface area contributed by atoms with Crippen LogP contribution >= 0.6 is 0 Å². The second-order valence-corrected chi connectivity index (χ2v) is 28.9. The van der Waals surface area contributed by atoms with Gasteiger partial charge in [-0.2, -0.15) is 0 Å². The zero-order valence-corrected chi connectivity index (χ0v) is 62.2. The number of hydrogen-bond donors (Lipinski definition) is 0. The Kier molecular flexibility index (Phi) is 18.0. The lowest BCUT2D eigenvalue weighted by molar-refractivity contribution is 0.768. The maximum absolute atomic E-state index is 2.42. The van der Waals surface area contributed by atoms with E-state index in [1.165, 1.54) is 166 Å². The van der Waals surface area contributed by atoms with Gasteiger partial charge >= 0.3 is 0 Å². The first-order valence-electron chi connectivity index (χ1n) is 38.0. The van der Waals surface area contributed by atoms with E-state index in [4.69, 9.17) is 0 Å². The Morgan fingerprint density at radius 3 is 0.827 bits per heavy atom. The van der Waals surface area contributed by atoms with Crippen molar-refractivity contribution in [2.24, 2.45) is 0 Å². The first kappa shape index (κ1) is 68.0. The van der Waals surface area contributed by atoms with Crippen LogP contribution in [-0.4, -0.2) is 28.2 Å². The van der Waals surface area contributed by atoms with Gasteiger partial charge in [0.1, 0.15) is 0 Å². The molecule has 3 aliphatic rings. The Balaban J connectivity index is 0.000000105. The molecule has 526 valence electrons. The van der Waals surface area contributed by atoms with Crippen LogP contribution in [0.1, 0.15) is 44.5 Å². The fourth-order valence-electron chi connectivity index (χ4n) is 17.6. The van der Waals surface area contributed by atoms with E-state index in [1.54, 1.807) is 0 Å². The predicted octanol–water partition coefficient (Wildman–Crippen LogP) is 27.1. The van der Waals surface area contributed by atoms with Gasteiger partial charge in [-0.05, 0) is 213 Å². The largest absolute Gasteiger partial charge is 0.345 e. The fraction of sp³-hybridized carbons (Fsp3) is 0.0566. The highest BCUT2D eigenvalue weighted by Gasteiger charge is 2.52. The van der Waals surface area contributed by atoms with Gasteiger partial charge < -0.3 is 19.6 Å². The lowest BCUT2D eigenvalue weighted by Crippen LogP contribution is -2.28. The highest BCUT2D eigenvalue weighted by atomic mass is 15.1. The molecule has 18 aromatic rings. The molecule has 0 unspecified atom stereocenters. The smallest absolute Gasteiger partial charge is 0.0726 e. The molecule has 21 rings (SSSR count).